The molecule has 0 aliphatic carbocycles. The number of ketones is 1. The lowest BCUT2D eigenvalue weighted by atomic mass is 9.96. The molecule has 1 aromatic rings. The summed E-state index contributed by atoms with van der Waals surface area (Å²) in [4.78, 5) is 28.7. The van der Waals surface area contributed by atoms with Gasteiger partial charge >= 0.3 is 0 Å². The average molecular weight is 337 g/mol. The van der Waals surface area contributed by atoms with E-state index in [9.17, 15) is 9.59 Å². The number of nitrogens with one attached hydrogen (secondary N) is 1. The van der Waals surface area contributed by atoms with Crippen LogP contribution in [0.25, 0.3) is 0 Å². The molecule has 0 radical (unpaired) electrons. The number of likely N-dealkylation sites (tertiary alicyclic amines) is 1. The highest BCUT2D eigenvalue weighted by atomic mass is 32.1. The smallest absolute Gasteiger partial charge is 0.223 e. The maximum absolute atomic E-state index is 12.3. The number of nitrogens with zero attached hydrogens (tertiary/aromatic N) is 1. The Morgan fingerprint density at radius 3 is 2.52 bits per heavy atom. The van der Waals surface area contributed by atoms with E-state index in [0.717, 1.165) is 54.3 Å². The Bertz CT molecular complexity index is 545. The van der Waals surface area contributed by atoms with Crippen molar-refractivity contribution in [2.45, 2.75) is 46.5 Å². The van der Waals surface area contributed by atoms with Crippen molar-refractivity contribution in [3.63, 3.8) is 0 Å². The molecule has 2 rings (SSSR count). The van der Waals surface area contributed by atoms with E-state index in [4.69, 9.17) is 0 Å². The van der Waals surface area contributed by atoms with Gasteiger partial charge in [-0.1, -0.05) is 6.92 Å². The molecule has 23 heavy (non-hydrogen) atoms. The summed E-state index contributed by atoms with van der Waals surface area (Å²) in [6.45, 7) is 9.82. The van der Waals surface area contributed by atoms with E-state index in [-0.39, 0.29) is 11.7 Å². The van der Waals surface area contributed by atoms with Crippen LogP contribution in [0.15, 0.2) is 6.07 Å². The minimum atomic E-state index is 0.0993. The van der Waals surface area contributed by atoms with Crippen LogP contribution >= 0.6 is 11.3 Å². The number of rotatable bonds is 7. The Morgan fingerprint density at radius 2 is 1.96 bits per heavy atom. The molecule has 0 atom stereocenters. The monoisotopic (exact) mass is 336 g/mol. The van der Waals surface area contributed by atoms with Gasteiger partial charge in [0.25, 0.3) is 0 Å². The van der Waals surface area contributed by atoms with Crippen molar-refractivity contribution in [1.82, 2.24) is 10.2 Å². The van der Waals surface area contributed by atoms with Crippen LogP contribution in [0.3, 0.4) is 0 Å². The first kappa shape index (κ1) is 18.1. The lowest BCUT2D eigenvalue weighted by molar-refractivity contribution is -0.132. The van der Waals surface area contributed by atoms with Crippen molar-refractivity contribution in [2.75, 3.05) is 26.2 Å². The normalized spacial score (nSPS) is 15.9. The molecule has 1 saturated heterocycles. The number of carbonyl (C=O) groups is 2. The predicted molar refractivity (Wildman–Crippen MR) is 95.2 cm³/mol. The summed E-state index contributed by atoms with van der Waals surface area (Å²) in [7, 11) is 0. The van der Waals surface area contributed by atoms with Gasteiger partial charge in [0, 0.05) is 41.2 Å². The fourth-order valence-corrected chi connectivity index (χ4v) is 4.10. The minimum absolute atomic E-state index is 0.0993. The van der Waals surface area contributed by atoms with Crippen LogP contribution in [0.1, 0.15) is 52.7 Å². The molecule has 1 aromatic heterocycles. The Morgan fingerprint density at radius 1 is 1.26 bits per heavy atom. The summed E-state index contributed by atoms with van der Waals surface area (Å²) in [6, 6.07) is 1.94. The summed E-state index contributed by atoms with van der Waals surface area (Å²) < 4.78 is 0. The molecule has 5 heteroatoms. The van der Waals surface area contributed by atoms with Crippen molar-refractivity contribution < 1.29 is 9.59 Å². The molecular formula is C18H28N2O2S. The molecule has 0 saturated carbocycles. The van der Waals surface area contributed by atoms with E-state index in [0.29, 0.717) is 18.8 Å². The summed E-state index contributed by atoms with van der Waals surface area (Å²) in [5.74, 6) is 0.907. The maximum atomic E-state index is 12.3. The Hall–Kier alpha value is -1.20. The van der Waals surface area contributed by atoms with Crippen LogP contribution in [-0.4, -0.2) is 42.8 Å². The van der Waals surface area contributed by atoms with Gasteiger partial charge < -0.3 is 10.2 Å². The number of carbonyl (C=O) groups excluding carboxylic acids is 2. The first-order chi connectivity index (χ1) is 11.0. The van der Waals surface area contributed by atoms with Crippen molar-refractivity contribution in [3.8, 4) is 0 Å². The van der Waals surface area contributed by atoms with Crippen LogP contribution in [0.5, 0.6) is 0 Å². The van der Waals surface area contributed by atoms with Gasteiger partial charge in [0.05, 0.1) is 0 Å². The molecule has 128 valence electrons. The molecule has 0 unspecified atom stereocenters. The van der Waals surface area contributed by atoms with E-state index < -0.39 is 0 Å². The summed E-state index contributed by atoms with van der Waals surface area (Å²) in [6.07, 6.45) is 2.79. The molecule has 1 fully saturated rings. The second-order valence-electron chi connectivity index (χ2n) is 6.38. The molecule has 0 spiro atoms. The van der Waals surface area contributed by atoms with Crippen molar-refractivity contribution in [1.29, 1.82) is 0 Å². The summed E-state index contributed by atoms with van der Waals surface area (Å²) in [5.41, 5.74) is 0.796. The third-order valence-corrected chi connectivity index (χ3v) is 5.52. The molecule has 2 heterocycles. The fraction of sp³-hybridized carbons (Fsp3) is 0.667. The number of hydrogen-bond acceptors (Lipinski definition) is 4. The first-order valence-electron chi connectivity index (χ1n) is 8.60. The Balaban J connectivity index is 1.75. The van der Waals surface area contributed by atoms with Gasteiger partial charge in [-0.15, -0.1) is 11.3 Å². The second-order valence-corrected chi connectivity index (χ2v) is 7.84. The summed E-state index contributed by atoms with van der Waals surface area (Å²) in [5, 5.41) is 3.38. The maximum Gasteiger partial charge on any atom is 0.223 e. The van der Waals surface area contributed by atoms with Gasteiger partial charge in [0.1, 0.15) is 0 Å². The van der Waals surface area contributed by atoms with E-state index in [1.807, 2.05) is 24.8 Å². The van der Waals surface area contributed by atoms with Crippen LogP contribution in [0, 0.1) is 19.8 Å². The van der Waals surface area contributed by atoms with E-state index in [1.54, 1.807) is 11.3 Å². The van der Waals surface area contributed by atoms with E-state index >= 15 is 0 Å². The highest BCUT2D eigenvalue weighted by molar-refractivity contribution is 7.12. The SMILES string of the molecule is CCNCC1CCN(C(=O)CCC(=O)c2cc(C)sc2C)CC1. The molecule has 1 N–H and O–H groups in total. The quantitative estimate of drug-likeness (QED) is 0.778. The van der Waals surface area contributed by atoms with Crippen molar-refractivity contribution in [3.05, 3.63) is 21.4 Å². The average Bonchev–Trinajstić information content (AvgIpc) is 2.89. The Labute approximate surface area is 143 Å². The molecule has 1 amide bonds. The minimum Gasteiger partial charge on any atom is -0.343 e. The zero-order valence-corrected chi connectivity index (χ0v) is 15.3. The zero-order chi connectivity index (χ0) is 16.8. The lowest BCUT2D eigenvalue weighted by Crippen LogP contribution is -2.40. The van der Waals surface area contributed by atoms with Gasteiger partial charge in [-0.05, 0) is 51.8 Å². The third-order valence-electron chi connectivity index (χ3n) is 4.56. The largest absolute Gasteiger partial charge is 0.343 e. The highest BCUT2D eigenvalue weighted by Gasteiger charge is 2.23. The molecule has 4 nitrogen and oxygen atoms in total. The number of hydrogen-bond donors (Lipinski definition) is 1. The Kier molecular flexibility index (Phi) is 6.78. The third kappa shape index (κ3) is 5.15. The number of amides is 1. The molecular weight excluding hydrogens is 308 g/mol. The molecule has 0 bridgehead atoms. The zero-order valence-electron chi connectivity index (χ0n) is 14.5. The van der Waals surface area contributed by atoms with Gasteiger partial charge in [-0.2, -0.15) is 0 Å². The van der Waals surface area contributed by atoms with Gasteiger partial charge in [0.15, 0.2) is 5.78 Å². The van der Waals surface area contributed by atoms with Gasteiger partial charge in [0.2, 0.25) is 5.91 Å². The number of aryl methyl sites for hydroxylation is 2. The first-order valence-corrected chi connectivity index (χ1v) is 9.41. The molecule has 1 aliphatic rings. The van der Waals surface area contributed by atoms with Crippen LogP contribution in [0.4, 0.5) is 0 Å². The topological polar surface area (TPSA) is 49.4 Å². The fourth-order valence-electron chi connectivity index (χ4n) is 3.16. The van der Waals surface area contributed by atoms with E-state index in [2.05, 4.69) is 12.2 Å². The number of Topliss-reactive ketones (excluding diaryl/α,β-unsaturated/α-hetero) is 1. The lowest BCUT2D eigenvalue weighted by Gasteiger charge is -2.32. The van der Waals surface area contributed by atoms with Crippen LogP contribution in [0.2, 0.25) is 0 Å². The van der Waals surface area contributed by atoms with Crippen molar-refractivity contribution >= 4 is 23.0 Å². The summed E-state index contributed by atoms with van der Waals surface area (Å²) >= 11 is 1.64. The standard InChI is InChI=1S/C18H28N2O2S/c1-4-19-12-15-7-9-20(10-8-15)18(22)6-5-17(21)16-11-13(2)23-14(16)3/h11,15,19H,4-10,12H2,1-3H3. The number of thiophene rings is 1. The second kappa shape index (κ2) is 8.60. The van der Waals surface area contributed by atoms with Crippen LogP contribution in [-0.2, 0) is 4.79 Å². The molecule has 1 aliphatic heterocycles. The predicted octanol–water partition coefficient (Wildman–Crippen LogP) is 3.18. The van der Waals surface area contributed by atoms with E-state index in [1.165, 1.54) is 0 Å². The highest BCUT2D eigenvalue weighted by Crippen LogP contribution is 2.23. The number of piperidine rings is 1. The van der Waals surface area contributed by atoms with Crippen molar-refractivity contribution in [2.24, 2.45) is 5.92 Å². The van der Waals surface area contributed by atoms with Gasteiger partial charge in [-0.3, -0.25) is 9.59 Å². The van der Waals surface area contributed by atoms with Crippen LogP contribution < -0.4 is 5.32 Å². The molecule has 0 aromatic carbocycles. The van der Waals surface area contributed by atoms with Gasteiger partial charge in [-0.25, -0.2) is 0 Å².